The van der Waals surface area contributed by atoms with Gasteiger partial charge >= 0.3 is 0 Å². The van der Waals surface area contributed by atoms with Crippen LogP contribution in [0.5, 0.6) is 0 Å². The number of rotatable bonds is 3. The highest BCUT2D eigenvalue weighted by Gasteiger charge is 2.34. The highest BCUT2D eigenvalue weighted by atomic mass is 79.9. The van der Waals surface area contributed by atoms with Crippen molar-refractivity contribution in [2.24, 2.45) is 5.73 Å². The number of hydrogen-bond acceptors (Lipinski definition) is 4. The van der Waals surface area contributed by atoms with E-state index in [0.29, 0.717) is 6.54 Å². The minimum atomic E-state index is -0.289. The lowest BCUT2D eigenvalue weighted by molar-refractivity contribution is -0.101. The second-order valence-electron chi connectivity index (χ2n) is 6.05. The molecular weight excluding hydrogens is 320 g/mol. The minimum Gasteiger partial charge on any atom is -0.394 e. The van der Waals surface area contributed by atoms with Gasteiger partial charge in [-0.3, -0.25) is 0 Å². The number of nitrogens with two attached hydrogens (primary N) is 1. The van der Waals surface area contributed by atoms with E-state index in [1.807, 2.05) is 26.8 Å². The van der Waals surface area contributed by atoms with Gasteiger partial charge in [0.1, 0.15) is 0 Å². The van der Waals surface area contributed by atoms with Crippen LogP contribution >= 0.6 is 15.9 Å². The molecule has 0 spiro atoms. The smallest absolute Gasteiger partial charge is 0.0988 e. The van der Waals surface area contributed by atoms with Gasteiger partial charge in [0, 0.05) is 29.3 Å². The highest BCUT2D eigenvalue weighted by molar-refractivity contribution is 9.10. The summed E-state index contributed by atoms with van der Waals surface area (Å²) in [6, 6.07) is 6.13. The van der Waals surface area contributed by atoms with Crippen molar-refractivity contribution in [1.82, 2.24) is 0 Å². The molecule has 2 atom stereocenters. The molecule has 2 rings (SSSR count). The van der Waals surface area contributed by atoms with Crippen molar-refractivity contribution in [3.8, 4) is 0 Å². The van der Waals surface area contributed by atoms with Crippen LogP contribution in [0.15, 0.2) is 22.7 Å². The Hall–Kier alpha value is -0.620. The van der Waals surface area contributed by atoms with Crippen LogP contribution in [-0.4, -0.2) is 36.5 Å². The summed E-state index contributed by atoms with van der Waals surface area (Å²) in [4.78, 5) is 2.26. The van der Waals surface area contributed by atoms with E-state index in [-0.39, 0.29) is 24.4 Å². The van der Waals surface area contributed by atoms with E-state index in [2.05, 4.69) is 33.0 Å². The van der Waals surface area contributed by atoms with Crippen molar-refractivity contribution in [3.05, 3.63) is 28.2 Å². The van der Waals surface area contributed by atoms with Crippen LogP contribution in [0.1, 0.15) is 32.4 Å². The fourth-order valence-electron chi connectivity index (χ4n) is 2.75. The molecule has 20 heavy (non-hydrogen) atoms. The molecular formula is C15H23BrN2O2. The van der Waals surface area contributed by atoms with Crippen LogP contribution in [0.4, 0.5) is 5.69 Å². The van der Waals surface area contributed by atoms with E-state index in [0.717, 1.165) is 22.3 Å². The summed E-state index contributed by atoms with van der Waals surface area (Å²) in [5.41, 5.74) is 8.02. The molecule has 1 aliphatic heterocycles. The number of nitrogens with zero attached hydrogens (tertiary/aromatic N) is 1. The Morgan fingerprint density at radius 3 is 2.85 bits per heavy atom. The Balaban J connectivity index is 2.36. The third-order valence-corrected chi connectivity index (χ3v) is 4.00. The Morgan fingerprint density at radius 1 is 1.55 bits per heavy atom. The van der Waals surface area contributed by atoms with Gasteiger partial charge in [0.2, 0.25) is 0 Å². The fraction of sp³-hybridized carbons (Fsp3) is 0.600. The van der Waals surface area contributed by atoms with Crippen LogP contribution in [0.25, 0.3) is 0 Å². The average molecular weight is 343 g/mol. The second-order valence-corrected chi connectivity index (χ2v) is 6.97. The van der Waals surface area contributed by atoms with Gasteiger partial charge in [-0.2, -0.15) is 0 Å². The summed E-state index contributed by atoms with van der Waals surface area (Å²) >= 11 is 3.52. The Labute approximate surface area is 129 Å². The van der Waals surface area contributed by atoms with Crippen molar-refractivity contribution in [2.75, 3.05) is 24.6 Å². The Morgan fingerprint density at radius 2 is 2.25 bits per heavy atom. The summed E-state index contributed by atoms with van der Waals surface area (Å²) in [5.74, 6) is 0. The highest BCUT2D eigenvalue weighted by Crippen LogP contribution is 2.33. The van der Waals surface area contributed by atoms with Crippen molar-refractivity contribution in [1.29, 1.82) is 0 Å². The second kappa shape index (κ2) is 6.02. The Bertz CT molecular complexity index is 477. The van der Waals surface area contributed by atoms with Crippen molar-refractivity contribution in [3.63, 3.8) is 0 Å². The lowest BCUT2D eigenvalue weighted by atomic mass is 10.0. The number of halogens is 1. The normalized spacial score (nSPS) is 23.7. The summed E-state index contributed by atoms with van der Waals surface area (Å²) < 4.78 is 6.90. The monoisotopic (exact) mass is 342 g/mol. The zero-order valence-electron chi connectivity index (χ0n) is 12.3. The number of benzene rings is 1. The number of anilines is 1. The van der Waals surface area contributed by atoms with Gasteiger partial charge in [-0.1, -0.05) is 22.0 Å². The molecule has 2 unspecified atom stereocenters. The first-order valence-corrected chi connectivity index (χ1v) is 7.70. The molecule has 0 saturated carbocycles. The molecule has 1 heterocycles. The van der Waals surface area contributed by atoms with E-state index in [1.165, 1.54) is 0 Å². The van der Waals surface area contributed by atoms with Crippen LogP contribution in [-0.2, 0) is 4.74 Å². The molecule has 3 N–H and O–H groups in total. The van der Waals surface area contributed by atoms with Gasteiger partial charge < -0.3 is 20.5 Å². The summed E-state index contributed by atoms with van der Waals surface area (Å²) in [6.07, 6.45) is -0.168. The molecule has 0 bridgehead atoms. The molecule has 1 aromatic rings. The fourth-order valence-corrected chi connectivity index (χ4v) is 3.10. The number of aliphatic hydroxyl groups is 1. The molecule has 0 amide bonds. The number of aliphatic hydroxyl groups excluding tert-OH is 1. The maximum absolute atomic E-state index is 9.44. The van der Waals surface area contributed by atoms with Crippen molar-refractivity contribution >= 4 is 21.6 Å². The largest absolute Gasteiger partial charge is 0.394 e. The molecule has 112 valence electrons. The summed E-state index contributed by atoms with van der Waals surface area (Å²) in [7, 11) is 0. The third kappa shape index (κ3) is 3.52. The number of hydrogen-bond donors (Lipinski definition) is 2. The number of ether oxygens (including phenoxy) is 1. The van der Waals surface area contributed by atoms with Gasteiger partial charge in [0.25, 0.3) is 0 Å². The van der Waals surface area contributed by atoms with E-state index in [9.17, 15) is 5.11 Å². The molecule has 0 radical (unpaired) electrons. The lowest BCUT2D eigenvalue weighted by Gasteiger charge is -2.44. The minimum absolute atomic E-state index is 0.0292. The summed E-state index contributed by atoms with van der Waals surface area (Å²) in [5, 5.41) is 9.44. The maximum atomic E-state index is 9.44. The topological polar surface area (TPSA) is 58.7 Å². The van der Waals surface area contributed by atoms with Crippen LogP contribution < -0.4 is 10.6 Å². The Kier molecular flexibility index (Phi) is 4.74. The van der Waals surface area contributed by atoms with Gasteiger partial charge in [-0.05, 0) is 38.5 Å². The van der Waals surface area contributed by atoms with Gasteiger partial charge in [-0.25, -0.2) is 0 Å². The predicted octanol–water partition coefficient (Wildman–Crippen LogP) is 2.44. The third-order valence-electron chi connectivity index (χ3n) is 3.51. The van der Waals surface area contributed by atoms with E-state index in [1.54, 1.807) is 0 Å². The molecule has 0 aromatic heterocycles. The lowest BCUT2D eigenvalue weighted by Crippen LogP contribution is -2.54. The standard InChI is InChI=1S/C15H23BrN2O2/c1-10(17)13-5-4-11(16)6-14(13)18-7-12(8-19)20-15(2,3)9-18/h4-6,10,12,19H,7-9,17H2,1-3H3. The molecule has 5 heteroatoms. The van der Waals surface area contributed by atoms with Gasteiger partial charge in [0.05, 0.1) is 18.3 Å². The first-order valence-electron chi connectivity index (χ1n) is 6.91. The van der Waals surface area contributed by atoms with Crippen LogP contribution in [0, 0.1) is 0 Å². The molecule has 1 aromatic carbocycles. The number of morpholine rings is 1. The zero-order chi connectivity index (χ0) is 14.9. The first-order chi connectivity index (χ1) is 9.32. The molecule has 4 nitrogen and oxygen atoms in total. The molecule has 1 aliphatic rings. The van der Waals surface area contributed by atoms with Gasteiger partial charge in [0.15, 0.2) is 0 Å². The molecule has 1 saturated heterocycles. The SMILES string of the molecule is CC(N)c1ccc(Br)cc1N1CC(CO)OC(C)(C)C1. The van der Waals surface area contributed by atoms with E-state index < -0.39 is 0 Å². The quantitative estimate of drug-likeness (QED) is 0.885. The van der Waals surface area contributed by atoms with Crippen LogP contribution in [0.2, 0.25) is 0 Å². The average Bonchev–Trinajstić information content (AvgIpc) is 2.36. The van der Waals surface area contributed by atoms with Gasteiger partial charge in [-0.15, -0.1) is 0 Å². The zero-order valence-corrected chi connectivity index (χ0v) is 13.9. The van der Waals surface area contributed by atoms with E-state index >= 15 is 0 Å². The predicted molar refractivity (Wildman–Crippen MR) is 85.0 cm³/mol. The summed E-state index contributed by atoms with van der Waals surface area (Å²) in [6.45, 7) is 7.57. The first kappa shape index (κ1) is 15.8. The maximum Gasteiger partial charge on any atom is 0.0988 e. The molecule has 0 aliphatic carbocycles. The van der Waals surface area contributed by atoms with Crippen molar-refractivity contribution in [2.45, 2.75) is 38.5 Å². The van der Waals surface area contributed by atoms with Crippen molar-refractivity contribution < 1.29 is 9.84 Å². The van der Waals surface area contributed by atoms with E-state index in [4.69, 9.17) is 10.5 Å². The molecule has 1 fully saturated rings. The van der Waals surface area contributed by atoms with Crippen LogP contribution in [0.3, 0.4) is 0 Å².